The molecule has 0 atom stereocenters. The van der Waals surface area contributed by atoms with Gasteiger partial charge >= 0.3 is 6.03 Å². The highest BCUT2D eigenvalue weighted by Crippen LogP contribution is 2.27. The molecule has 2 N–H and O–H groups in total. The van der Waals surface area contributed by atoms with Crippen molar-refractivity contribution in [2.45, 2.75) is 26.3 Å². The molecule has 146 valence electrons. The molecule has 0 saturated heterocycles. The van der Waals surface area contributed by atoms with Crippen LogP contribution in [0.15, 0.2) is 42.5 Å². The van der Waals surface area contributed by atoms with Gasteiger partial charge in [-0.3, -0.25) is 14.5 Å². The molecule has 0 unspecified atom stereocenters. The number of nitrogens with zero attached hydrogens (tertiary/aromatic N) is 1. The molecule has 7 nitrogen and oxygen atoms in total. The van der Waals surface area contributed by atoms with E-state index in [1.165, 1.54) is 4.90 Å². The second-order valence-corrected chi connectivity index (χ2v) is 6.81. The van der Waals surface area contributed by atoms with E-state index in [0.29, 0.717) is 29.8 Å². The molecule has 28 heavy (non-hydrogen) atoms. The number of fused-ring (bicyclic) bond motifs is 1. The van der Waals surface area contributed by atoms with E-state index >= 15 is 0 Å². The highest BCUT2D eigenvalue weighted by atomic mass is 16.5. The molecule has 0 radical (unpaired) electrons. The molecule has 0 saturated carbocycles. The Kier molecular flexibility index (Phi) is 5.63. The molecule has 1 heterocycles. The first kappa shape index (κ1) is 19.4. The summed E-state index contributed by atoms with van der Waals surface area (Å²) in [5, 5.41) is 5.48. The maximum atomic E-state index is 12.4. The second kappa shape index (κ2) is 8.12. The van der Waals surface area contributed by atoms with Crippen molar-refractivity contribution in [2.24, 2.45) is 0 Å². The second-order valence-electron chi connectivity index (χ2n) is 6.81. The Hall–Kier alpha value is -3.35. The van der Waals surface area contributed by atoms with Gasteiger partial charge in [0.05, 0.1) is 18.2 Å². The molecule has 0 aromatic heterocycles. The maximum Gasteiger partial charge on any atom is 0.319 e. The molecule has 1 aliphatic heterocycles. The fourth-order valence-corrected chi connectivity index (χ4v) is 3.09. The molecule has 3 rings (SSSR count). The maximum absolute atomic E-state index is 12.4. The Labute approximate surface area is 163 Å². The molecule has 2 aromatic carbocycles. The van der Waals surface area contributed by atoms with E-state index < -0.39 is 0 Å². The fourth-order valence-electron chi connectivity index (χ4n) is 3.09. The molecule has 2 aromatic rings. The van der Waals surface area contributed by atoms with Gasteiger partial charge in [-0.25, -0.2) is 4.79 Å². The lowest BCUT2D eigenvalue weighted by molar-refractivity contribution is 0.0609. The molecule has 0 aliphatic carbocycles. The van der Waals surface area contributed by atoms with Crippen molar-refractivity contribution in [3.05, 3.63) is 59.2 Å². The topological polar surface area (TPSA) is 87.7 Å². The zero-order valence-electron chi connectivity index (χ0n) is 16.1. The van der Waals surface area contributed by atoms with Crippen LogP contribution in [0.2, 0.25) is 0 Å². The van der Waals surface area contributed by atoms with Crippen LogP contribution in [0.4, 0.5) is 10.5 Å². The van der Waals surface area contributed by atoms with E-state index in [0.717, 1.165) is 11.3 Å². The number of rotatable bonds is 6. The van der Waals surface area contributed by atoms with Crippen LogP contribution >= 0.6 is 0 Å². The van der Waals surface area contributed by atoms with Crippen molar-refractivity contribution in [1.29, 1.82) is 0 Å². The fraction of sp³-hybridized carbons (Fsp3) is 0.286. The van der Waals surface area contributed by atoms with Crippen molar-refractivity contribution in [3.63, 3.8) is 0 Å². The summed E-state index contributed by atoms with van der Waals surface area (Å²) in [5.74, 6) is 0.152. The minimum Gasteiger partial charge on any atom is -0.497 e. The van der Waals surface area contributed by atoms with Gasteiger partial charge in [0, 0.05) is 18.3 Å². The lowest BCUT2D eigenvalue weighted by Crippen LogP contribution is -2.35. The molecule has 7 heteroatoms. The van der Waals surface area contributed by atoms with Crippen LogP contribution in [0.25, 0.3) is 0 Å². The van der Waals surface area contributed by atoms with Gasteiger partial charge in [-0.15, -0.1) is 0 Å². The summed E-state index contributed by atoms with van der Waals surface area (Å²) in [4.78, 5) is 38.1. The van der Waals surface area contributed by atoms with Gasteiger partial charge < -0.3 is 15.4 Å². The Morgan fingerprint density at radius 1 is 1.04 bits per heavy atom. The van der Waals surface area contributed by atoms with Gasteiger partial charge in [0.25, 0.3) is 11.8 Å². The normalized spacial score (nSPS) is 12.9. The van der Waals surface area contributed by atoms with Crippen LogP contribution in [-0.2, 0) is 6.42 Å². The van der Waals surface area contributed by atoms with Crippen molar-refractivity contribution in [2.75, 3.05) is 19.0 Å². The summed E-state index contributed by atoms with van der Waals surface area (Å²) >= 11 is 0. The number of carbonyl (C=O) groups excluding carboxylic acids is 3. The molecule has 4 amide bonds. The van der Waals surface area contributed by atoms with E-state index in [4.69, 9.17) is 4.74 Å². The number of hydrogen-bond acceptors (Lipinski definition) is 4. The number of benzene rings is 2. The van der Waals surface area contributed by atoms with Crippen LogP contribution in [-0.4, -0.2) is 42.4 Å². The van der Waals surface area contributed by atoms with Crippen molar-refractivity contribution in [3.8, 4) is 5.75 Å². The lowest BCUT2D eigenvalue weighted by Gasteiger charge is -2.17. The zero-order chi connectivity index (χ0) is 20.3. The minimum absolute atomic E-state index is 0.218. The molecule has 0 fully saturated rings. The third kappa shape index (κ3) is 3.98. The predicted octanol–water partition coefficient (Wildman–Crippen LogP) is 3.06. The molecule has 1 aliphatic rings. The standard InChI is InChI=1S/C21H23N3O4/c1-13(2)24-19(25)17-9-6-15(12-18(17)20(24)26)23-21(27)22-11-10-14-4-7-16(28-3)8-5-14/h4-9,12-13H,10-11H2,1-3H3,(H2,22,23,27). The van der Waals surface area contributed by atoms with Crippen LogP contribution < -0.4 is 15.4 Å². The van der Waals surface area contributed by atoms with E-state index in [-0.39, 0.29) is 23.9 Å². The number of imide groups is 1. The summed E-state index contributed by atoms with van der Waals surface area (Å²) in [5.41, 5.74) is 2.22. The number of ether oxygens (including phenoxy) is 1. The summed E-state index contributed by atoms with van der Waals surface area (Å²) in [6, 6.07) is 11.8. The van der Waals surface area contributed by atoms with Crippen molar-refractivity contribution < 1.29 is 19.1 Å². The first-order valence-corrected chi connectivity index (χ1v) is 9.10. The molecule has 0 spiro atoms. The summed E-state index contributed by atoms with van der Waals surface area (Å²) in [7, 11) is 1.61. The summed E-state index contributed by atoms with van der Waals surface area (Å²) in [6.45, 7) is 4.04. The SMILES string of the molecule is COc1ccc(CCNC(=O)Nc2ccc3c(c2)C(=O)N(C(C)C)C3=O)cc1. The smallest absolute Gasteiger partial charge is 0.319 e. The van der Waals surface area contributed by atoms with Gasteiger partial charge in [-0.2, -0.15) is 0 Å². The monoisotopic (exact) mass is 381 g/mol. The minimum atomic E-state index is -0.369. The van der Waals surface area contributed by atoms with Gasteiger partial charge in [0.2, 0.25) is 0 Å². The van der Waals surface area contributed by atoms with Crippen LogP contribution in [0.1, 0.15) is 40.1 Å². The van der Waals surface area contributed by atoms with Crippen LogP contribution in [0.5, 0.6) is 5.75 Å². The van der Waals surface area contributed by atoms with Gasteiger partial charge in [-0.1, -0.05) is 12.1 Å². The number of amides is 4. The average Bonchev–Trinajstić information content (AvgIpc) is 2.92. The number of nitrogens with one attached hydrogen (secondary N) is 2. The number of urea groups is 1. The molecular weight excluding hydrogens is 358 g/mol. The number of hydrogen-bond donors (Lipinski definition) is 2. The largest absolute Gasteiger partial charge is 0.497 e. The molecule has 0 bridgehead atoms. The number of methoxy groups -OCH3 is 1. The summed E-state index contributed by atoms with van der Waals surface area (Å²) < 4.78 is 5.12. The van der Waals surface area contributed by atoms with Gasteiger partial charge in [-0.05, 0) is 56.2 Å². The molecular formula is C21H23N3O4. The predicted molar refractivity (Wildman–Crippen MR) is 106 cm³/mol. The third-order valence-corrected chi connectivity index (χ3v) is 4.55. The number of anilines is 1. The average molecular weight is 381 g/mol. The van der Waals surface area contributed by atoms with E-state index in [9.17, 15) is 14.4 Å². The number of carbonyl (C=O) groups is 3. The van der Waals surface area contributed by atoms with Crippen molar-refractivity contribution in [1.82, 2.24) is 10.2 Å². The van der Waals surface area contributed by atoms with E-state index in [1.807, 2.05) is 24.3 Å². The van der Waals surface area contributed by atoms with Crippen molar-refractivity contribution >= 4 is 23.5 Å². The third-order valence-electron chi connectivity index (χ3n) is 4.55. The van der Waals surface area contributed by atoms with E-state index in [1.54, 1.807) is 39.2 Å². The summed E-state index contributed by atoms with van der Waals surface area (Å²) in [6.07, 6.45) is 0.679. The first-order valence-electron chi connectivity index (χ1n) is 9.10. The van der Waals surface area contributed by atoms with E-state index in [2.05, 4.69) is 10.6 Å². The van der Waals surface area contributed by atoms with Crippen LogP contribution in [0.3, 0.4) is 0 Å². The first-order chi connectivity index (χ1) is 13.4. The highest BCUT2D eigenvalue weighted by Gasteiger charge is 2.37. The Bertz CT molecular complexity index is 906. The quantitative estimate of drug-likeness (QED) is 0.753. The van der Waals surface area contributed by atoms with Crippen LogP contribution in [0, 0.1) is 0 Å². The Morgan fingerprint density at radius 3 is 2.36 bits per heavy atom. The lowest BCUT2D eigenvalue weighted by atomic mass is 10.1. The highest BCUT2D eigenvalue weighted by molar-refractivity contribution is 6.22. The van der Waals surface area contributed by atoms with Gasteiger partial charge in [0.1, 0.15) is 5.75 Å². The van der Waals surface area contributed by atoms with Gasteiger partial charge in [0.15, 0.2) is 0 Å². The Balaban J connectivity index is 1.56. The zero-order valence-corrected chi connectivity index (χ0v) is 16.1. The Morgan fingerprint density at radius 2 is 1.71 bits per heavy atom.